The second kappa shape index (κ2) is 13.1. The minimum Gasteiger partial charge on any atom is -0.476 e. The van der Waals surface area contributed by atoms with Crippen LogP contribution in [0, 0.1) is 23.7 Å². The molecule has 2 saturated heterocycles. The maximum Gasteiger partial charge on any atom is 0.361 e. The van der Waals surface area contributed by atoms with Gasteiger partial charge < -0.3 is 19.6 Å². The molecule has 4 heterocycles. The molecule has 0 radical (unpaired) electrons. The first-order valence-electron chi connectivity index (χ1n) is 16.9. The molecule has 4 aromatic rings. The van der Waals surface area contributed by atoms with E-state index in [2.05, 4.69) is 20.6 Å². The van der Waals surface area contributed by atoms with Gasteiger partial charge >= 0.3 is 11.9 Å². The number of carboxylic acid groups (broad SMARTS) is 1. The first kappa shape index (κ1) is 33.1. The average Bonchev–Trinajstić information content (AvgIpc) is 3.78. The van der Waals surface area contributed by atoms with E-state index in [4.69, 9.17) is 9.84 Å². The number of amides is 2. The van der Waals surface area contributed by atoms with E-state index in [0.717, 1.165) is 48.2 Å². The molecule has 4 atom stereocenters. The topological polar surface area (TPSA) is 166 Å². The Kier molecular flexibility index (Phi) is 8.70. The molecule has 2 aliphatic heterocycles. The largest absolute Gasteiger partial charge is 0.476 e. The Hall–Kier alpha value is -5.40. The number of nitrogens with zero attached hydrogens (tertiary/aromatic N) is 8. The molecule has 0 spiro atoms. The van der Waals surface area contributed by atoms with E-state index in [1.54, 1.807) is 10.9 Å². The van der Waals surface area contributed by atoms with Gasteiger partial charge in [0.05, 0.1) is 25.5 Å². The van der Waals surface area contributed by atoms with Gasteiger partial charge in [-0.3, -0.25) is 9.59 Å². The van der Waals surface area contributed by atoms with Crippen LogP contribution >= 0.6 is 0 Å². The van der Waals surface area contributed by atoms with Gasteiger partial charge in [-0.1, -0.05) is 59.0 Å². The predicted molar refractivity (Wildman–Crippen MR) is 177 cm³/mol. The smallest absolute Gasteiger partial charge is 0.361 e. The number of carbonyl (C=O) groups excluding carboxylic acids is 3. The summed E-state index contributed by atoms with van der Waals surface area (Å²) in [6.07, 6.45) is 5.16. The summed E-state index contributed by atoms with van der Waals surface area (Å²) < 4.78 is 8.41. The van der Waals surface area contributed by atoms with Gasteiger partial charge in [0.1, 0.15) is 5.60 Å². The van der Waals surface area contributed by atoms with E-state index in [-0.39, 0.29) is 11.4 Å². The Labute approximate surface area is 289 Å². The number of rotatable bonds is 10. The number of benzene rings is 2. The monoisotopic (exact) mass is 680 g/mol. The maximum atomic E-state index is 12.1. The summed E-state index contributed by atoms with van der Waals surface area (Å²) in [6.45, 7) is 9.56. The fraction of sp³-hybridized carbons (Fsp3) is 0.444. The van der Waals surface area contributed by atoms with Crippen LogP contribution in [0.3, 0.4) is 0 Å². The van der Waals surface area contributed by atoms with E-state index in [1.165, 1.54) is 10.9 Å². The van der Waals surface area contributed by atoms with Crippen LogP contribution in [0.2, 0.25) is 0 Å². The highest BCUT2D eigenvalue weighted by Crippen LogP contribution is 2.47. The summed E-state index contributed by atoms with van der Waals surface area (Å²) >= 11 is 0. The molecule has 2 aromatic heterocycles. The third-order valence-corrected chi connectivity index (χ3v) is 9.40. The van der Waals surface area contributed by atoms with Crippen molar-refractivity contribution in [3.8, 4) is 0 Å². The lowest BCUT2D eigenvalue weighted by Gasteiger charge is -2.18. The minimum atomic E-state index is -1.08. The van der Waals surface area contributed by atoms with Crippen molar-refractivity contribution in [2.24, 2.45) is 23.7 Å². The van der Waals surface area contributed by atoms with Gasteiger partial charge in [0.15, 0.2) is 11.4 Å². The number of hydrogen-bond acceptors (Lipinski definition) is 9. The number of fused-ring (bicyclic) bond motifs is 2. The molecule has 0 bridgehead atoms. The summed E-state index contributed by atoms with van der Waals surface area (Å²) in [5, 5.41) is 24.1. The highest BCUT2D eigenvalue weighted by atomic mass is 16.6. The third kappa shape index (κ3) is 7.74. The van der Waals surface area contributed by atoms with Crippen molar-refractivity contribution in [1.29, 1.82) is 0 Å². The molecule has 4 fully saturated rings. The lowest BCUT2D eigenvalue weighted by Crippen LogP contribution is -2.27. The first-order chi connectivity index (χ1) is 23.9. The second-order valence-corrected chi connectivity index (χ2v) is 14.7. The van der Waals surface area contributed by atoms with Crippen molar-refractivity contribution in [2.45, 2.75) is 65.4 Å². The van der Waals surface area contributed by atoms with Gasteiger partial charge in [0, 0.05) is 38.0 Å². The van der Waals surface area contributed by atoms with Crippen LogP contribution in [0.5, 0.6) is 0 Å². The molecule has 1 N–H and O–H groups in total. The van der Waals surface area contributed by atoms with E-state index in [1.807, 2.05) is 79.1 Å². The number of piperidine rings is 2. The number of esters is 1. The molecule has 2 saturated carbocycles. The zero-order valence-corrected chi connectivity index (χ0v) is 28.3. The number of aromatic nitrogens is 6. The average molecular weight is 681 g/mol. The van der Waals surface area contributed by atoms with Crippen molar-refractivity contribution >= 4 is 23.8 Å². The molecule has 14 heteroatoms. The summed E-state index contributed by atoms with van der Waals surface area (Å²) in [6, 6.07) is 16.1. The van der Waals surface area contributed by atoms with Crippen LogP contribution < -0.4 is 0 Å². The molecule has 4 aliphatic rings. The van der Waals surface area contributed by atoms with Crippen LogP contribution in [0.15, 0.2) is 60.9 Å². The molecule has 2 amide bonds. The van der Waals surface area contributed by atoms with Crippen molar-refractivity contribution in [2.75, 3.05) is 13.1 Å². The Morgan fingerprint density at radius 2 is 1.10 bits per heavy atom. The summed E-state index contributed by atoms with van der Waals surface area (Å²) in [5.74, 6) is 0.836. The fourth-order valence-corrected chi connectivity index (χ4v) is 6.59. The highest BCUT2D eigenvalue weighted by molar-refractivity contribution is 5.87. The zero-order chi connectivity index (χ0) is 35.2. The van der Waals surface area contributed by atoms with Gasteiger partial charge in [-0.2, -0.15) is 0 Å². The predicted octanol–water partition coefficient (Wildman–Crippen LogP) is 3.26. The SMILES string of the molecule is CC(C)(C)OC(=O)c1cn(Cc2ccc(CN3CC4CC4C3=O)cc2)nn1.O=C(O)c1cn(Cc2ccc(CN3CC4CC4C3=O)cc2)nn1. The number of ether oxygens (including phenoxy) is 1. The van der Waals surface area contributed by atoms with Crippen molar-refractivity contribution in [1.82, 2.24) is 39.8 Å². The number of hydrogen-bond donors (Lipinski definition) is 1. The van der Waals surface area contributed by atoms with Crippen LogP contribution in [-0.2, 0) is 40.5 Å². The number of carboxylic acids is 1. The van der Waals surface area contributed by atoms with Crippen LogP contribution in [-0.4, -0.2) is 87.3 Å². The van der Waals surface area contributed by atoms with Gasteiger partial charge in [0.25, 0.3) is 0 Å². The van der Waals surface area contributed by atoms with Crippen molar-refractivity contribution in [3.05, 3.63) is 94.6 Å². The van der Waals surface area contributed by atoms with Gasteiger partial charge in [-0.15, -0.1) is 10.2 Å². The molecule has 2 aromatic carbocycles. The summed E-state index contributed by atoms with van der Waals surface area (Å²) in [4.78, 5) is 50.7. The lowest BCUT2D eigenvalue weighted by molar-refractivity contribution is -0.131. The van der Waals surface area contributed by atoms with Crippen LogP contribution in [0.1, 0.15) is 76.8 Å². The molecule has 260 valence electrons. The van der Waals surface area contributed by atoms with E-state index in [9.17, 15) is 19.2 Å². The summed E-state index contributed by atoms with van der Waals surface area (Å²) in [7, 11) is 0. The Balaban J connectivity index is 0.000000159. The number of likely N-dealkylation sites (tertiary alicyclic amines) is 2. The zero-order valence-electron chi connectivity index (χ0n) is 28.3. The second-order valence-electron chi connectivity index (χ2n) is 14.7. The molecular formula is C36H40N8O6. The van der Waals surface area contributed by atoms with Crippen molar-refractivity contribution < 1.29 is 29.0 Å². The quantitative estimate of drug-likeness (QED) is 0.246. The number of aromatic carboxylic acids is 1. The first-order valence-corrected chi connectivity index (χ1v) is 16.9. The van der Waals surface area contributed by atoms with Gasteiger partial charge in [-0.05, 0) is 67.7 Å². The van der Waals surface area contributed by atoms with Crippen molar-refractivity contribution in [3.63, 3.8) is 0 Å². The standard InChI is InChI=1S/C20H24N4O3.C16H16N4O3/c1-20(2,3)27-19(26)17-12-24(22-21-17)10-14-6-4-13(5-7-14)9-23-11-15-8-16(15)18(23)25;21-15-13-5-12(13)8-19(15)6-10-1-3-11(4-2-10)7-20-9-14(16(22)23)17-18-20/h4-7,12,15-16H,8-11H2,1-3H3;1-4,9,12-13H,5-8H2,(H,22,23). The molecule has 2 aliphatic carbocycles. The molecule has 50 heavy (non-hydrogen) atoms. The minimum absolute atomic E-state index is 0.0623. The van der Waals surface area contributed by atoms with E-state index in [0.29, 0.717) is 61.7 Å². The van der Waals surface area contributed by atoms with Crippen LogP contribution in [0.25, 0.3) is 0 Å². The maximum absolute atomic E-state index is 12.1. The molecule has 8 rings (SSSR count). The van der Waals surface area contributed by atoms with E-state index < -0.39 is 17.5 Å². The summed E-state index contributed by atoms with van der Waals surface area (Å²) in [5.41, 5.74) is 3.87. The van der Waals surface area contributed by atoms with Gasteiger partial charge in [-0.25, -0.2) is 19.0 Å². The normalized spacial score (nSPS) is 21.7. The molecule has 14 nitrogen and oxygen atoms in total. The Morgan fingerprint density at radius 1 is 0.700 bits per heavy atom. The number of carbonyl (C=O) groups is 4. The van der Waals surface area contributed by atoms with Crippen LogP contribution in [0.4, 0.5) is 0 Å². The third-order valence-electron chi connectivity index (χ3n) is 9.40. The Bertz CT molecular complexity index is 1910. The highest BCUT2D eigenvalue weighted by Gasteiger charge is 2.52. The lowest BCUT2D eigenvalue weighted by atomic mass is 10.1. The molecular weight excluding hydrogens is 640 g/mol. The fourth-order valence-electron chi connectivity index (χ4n) is 6.59. The Morgan fingerprint density at radius 3 is 1.46 bits per heavy atom. The molecule has 4 unspecified atom stereocenters. The van der Waals surface area contributed by atoms with E-state index >= 15 is 0 Å². The van der Waals surface area contributed by atoms with Gasteiger partial charge in [0.2, 0.25) is 11.8 Å².